The predicted octanol–water partition coefficient (Wildman–Crippen LogP) is 4.14. The average molecular weight is 540 g/mol. The summed E-state index contributed by atoms with van der Waals surface area (Å²) in [5.74, 6) is 1.84. The number of hydrogen-bond acceptors (Lipinski definition) is 7. The van der Waals surface area contributed by atoms with Gasteiger partial charge in [0.2, 0.25) is 17.8 Å². The Kier molecular flexibility index (Phi) is 6.92. The molecule has 1 aliphatic heterocycles. The summed E-state index contributed by atoms with van der Waals surface area (Å²) in [6.45, 7) is 11.5. The number of benzene rings is 1. The normalized spacial score (nSPS) is 27.8. The average Bonchev–Trinajstić information content (AvgIpc) is 2.90. The van der Waals surface area contributed by atoms with Gasteiger partial charge in [-0.1, -0.05) is 25.4 Å². The molecule has 4 atom stereocenters. The van der Waals surface area contributed by atoms with Gasteiger partial charge >= 0.3 is 0 Å². The third kappa shape index (κ3) is 4.65. The zero-order valence-electron chi connectivity index (χ0n) is 22.8. The Morgan fingerprint density at radius 3 is 2.34 bits per heavy atom. The molecule has 0 spiro atoms. The first kappa shape index (κ1) is 26.5. The zero-order valence-corrected chi connectivity index (χ0v) is 23.6. The lowest BCUT2D eigenvalue weighted by Crippen LogP contribution is -2.69. The van der Waals surface area contributed by atoms with Crippen molar-refractivity contribution in [2.75, 3.05) is 48.8 Å². The molecule has 1 aromatic heterocycles. The number of hydrogen-bond donors (Lipinski definition) is 3. The third-order valence-corrected chi connectivity index (χ3v) is 9.62. The molecule has 0 unspecified atom stereocenters. The molecule has 10 heteroatoms. The van der Waals surface area contributed by atoms with Crippen LogP contribution in [0.1, 0.15) is 40.5 Å². The van der Waals surface area contributed by atoms with Crippen molar-refractivity contribution in [1.29, 1.82) is 0 Å². The van der Waals surface area contributed by atoms with E-state index in [1.54, 1.807) is 20.2 Å². The topological polar surface area (TPSA) is 102 Å². The highest BCUT2D eigenvalue weighted by atomic mass is 35.5. The van der Waals surface area contributed by atoms with Gasteiger partial charge in [-0.15, -0.1) is 0 Å². The fourth-order valence-electron chi connectivity index (χ4n) is 6.87. The first-order chi connectivity index (χ1) is 18.0. The van der Waals surface area contributed by atoms with Crippen LogP contribution in [0.2, 0.25) is 5.02 Å². The van der Waals surface area contributed by atoms with E-state index in [4.69, 9.17) is 16.6 Å². The van der Waals surface area contributed by atoms with Crippen molar-refractivity contribution in [1.82, 2.24) is 20.2 Å². The fourth-order valence-corrected chi connectivity index (χ4v) is 7.01. The highest BCUT2D eigenvalue weighted by molar-refractivity contribution is 6.32. The quantitative estimate of drug-likeness (QED) is 0.507. The van der Waals surface area contributed by atoms with E-state index in [-0.39, 0.29) is 23.1 Å². The van der Waals surface area contributed by atoms with Gasteiger partial charge in [0, 0.05) is 51.5 Å². The molecule has 204 valence electrons. The summed E-state index contributed by atoms with van der Waals surface area (Å²) in [5.41, 5.74) is 1.64. The monoisotopic (exact) mass is 539 g/mol. The van der Waals surface area contributed by atoms with Crippen molar-refractivity contribution in [3.63, 3.8) is 0 Å². The van der Waals surface area contributed by atoms with Crippen LogP contribution < -0.4 is 20.9 Å². The van der Waals surface area contributed by atoms with Crippen molar-refractivity contribution in [2.45, 2.75) is 46.1 Å². The smallest absolute Gasteiger partial charge is 0.229 e. The molecule has 0 radical (unpaired) electrons. The van der Waals surface area contributed by atoms with E-state index in [2.05, 4.69) is 58.7 Å². The summed E-state index contributed by atoms with van der Waals surface area (Å²) in [7, 11) is 1.70. The largest absolute Gasteiger partial charge is 0.368 e. The van der Waals surface area contributed by atoms with E-state index in [0.717, 1.165) is 50.4 Å². The van der Waals surface area contributed by atoms with Gasteiger partial charge in [-0.05, 0) is 61.3 Å². The minimum atomic E-state index is -0.484. The molecule has 1 saturated heterocycles. The van der Waals surface area contributed by atoms with Gasteiger partial charge in [-0.3, -0.25) is 9.59 Å². The van der Waals surface area contributed by atoms with Crippen LogP contribution in [-0.4, -0.2) is 65.4 Å². The Balaban J connectivity index is 1.31. The van der Waals surface area contributed by atoms with E-state index in [1.807, 2.05) is 17.0 Å². The van der Waals surface area contributed by atoms with E-state index in [0.29, 0.717) is 28.6 Å². The number of nitrogens with zero attached hydrogens (tertiary/aromatic N) is 4. The first-order valence-electron chi connectivity index (χ1n) is 13.4. The number of nitrogens with one attached hydrogen (secondary N) is 3. The lowest BCUT2D eigenvalue weighted by molar-refractivity contribution is -0.155. The summed E-state index contributed by atoms with van der Waals surface area (Å²) >= 11 is 6.56. The molecule has 3 aliphatic carbocycles. The van der Waals surface area contributed by atoms with Crippen LogP contribution in [0.4, 0.5) is 23.1 Å². The van der Waals surface area contributed by atoms with Crippen molar-refractivity contribution in [3.8, 4) is 0 Å². The second-order valence-electron chi connectivity index (χ2n) is 11.7. The third-order valence-electron chi connectivity index (χ3n) is 9.35. The number of halogens is 1. The Morgan fingerprint density at radius 1 is 1.05 bits per heavy atom. The van der Waals surface area contributed by atoms with Gasteiger partial charge in [-0.2, -0.15) is 4.98 Å². The molecule has 4 fully saturated rings. The molecular weight excluding hydrogens is 502 g/mol. The Bertz CT molecular complexity index is 1210. The van der Waals surface area contributed by atoms with Crippen LogP contribution >= 0.6 is 11.6 Å². The second-order valence-corrected chi connectivity index (χ2v) is 12.1. The summed E-state index contributed by atoms with van der Waals surface area (Å²) in [4.78, 5) is 37.8. The minimum absolute atomic E-state index is 0.0523. The summed E-state index contributed by atoms with van der Waals surface area (Å²) in [6.07, 6.45) is 3.53. The molecule has 9 nitrogen and oxygen atoms in total. The van der Waals surface area contributed by atoms with Crippen molar-refractivity contribution in [3.05, 3.63) is 35.5 Å². The van der Waals surface area contributed by atoms with Gasteiger partial charge in [0.15, 0.2) is 5.82 Å². The van der Waals surface area contributed by atoms with Crippen molar-refractivity contribution in [2.24, 2.45) is 23.2 Å². The number of carbonyl (C=O) groups is 2. The molecule has 4 aliphatic rings. The van der Waals surface area contributed by atoms with Gasteiger partial charge in [-0.25, -0.2) is 4.98 Å². The standard InChI is InChI=1S/C28H38ClN7O2/c1-17(37)35-10-12-36(13-11-35)20-8-6-19(7-9-20)32-26-31-16-22(29)24(33-26)34-28(4)21(25(38)30-5)14-18-15-23(28)27(18,2)3/h6-9,16,18,21,23H,10-15H2,1-5H3,(H,30,38)(H2,31,32,33,34)/t18-,21+,23+,28-/m0/s1. The number of carbonyl (C=O) groups excluding carboxylic acids is 2. The van der Waals surface area contributed by atoms with Crippen LogP contribution in [0.5, 0.6) is 0 Å². The van der Waals surface area contributed by atoms with Crippen LogP contribution in [-0.2, 0) is 9.59 Å². The first-order valence-corrected chi connectivity index (χ1v) is 13.8. The molecule has 3 saturated carbocycles. The Hall–Kier alpha value is -3.07. The molecule has 2 amide bonds. The van der Waals surface area contributed by atoms with E-state index < -0.39 is 5.54 Å². The molecule has 3 N–H and O–H groups in total. The maximum Gasteiger partial charge on any atom is 0.229 e. The molecule has 38 heavy (non-hydrogen) atoms. The Morgan fingerprint density at radius 2 is 1.74 bits per heavy atom. The van der Waals surface area contributed by atoms with Crippen LogP contribution in [0.3, 0.4) is 0 Å². The van der Waals surface area contributed by atoms with E-state index in [1.165, 1.54) is 0 Å². The number of fused-ring (bicyclic) bond motifs is 2. The molecule has 2 bridgehead atoms. The number of amides is 2. The Labute approximate surface area is 229 Å². The molecule has 2 heterocycles. The number of aromatic nitrogens is 2. The maximum absolute atomic E-state index is 12.9. The lowest BCUT2D eigenvalue weighted by Gasteiger charge is -2.66. The van der Waals surface area contributed by atoms with Crippen LogP contribution in [0.25, 0.3) is 0 Å². The maximum atomic E-state index is 12.9. The van der Waals surface area contributed by atoms with Gasteiger partial charge in [0.05, 0.1) is 17.7 Å². The molecule has 6 rings (SSSR count). The van der Waals surface area contributed by atoms with Gasteiger partial charge in [0.1, 0.15) is 5.02 Å². The molecule has 2 aromatic rings. The SMILES string of the molecule is CNC(=O)[C@H]1C[C@H]2C[C@H](C2(C)C)[C@@]1(C)Nc1nc(Nc2ccc(N3CCN(C(C)=O)CC3)cc2)ncc1Cl. The van der Waals surface area contributed by atoms with Crippen molar-refractivity contribution >= 4 is 46.6 Å². The van der Waals surface area contributed by atoms with E-state index in [9.17, 15) is 9.59 Å². The molecular formula is C28H38ClN7O2. The number of rotatable bonds is 6. The van der Waals surface area contributed by atoms with Crippen molar-refractivity contribution < 1.29 is 9.59 Å². The summed E-state index contributed by atoms with van der Waals surface area (Å²) < 4.78 is 0. The summed E-state index contributed by atoms with van der Waals surface area (Å²) in [5, 5.41) is 10.2. The lowest BCUT2D eigenvalue weighted by atomic mass is 9.40. The molecule has 1 aromatic carbocycles. The van der Waals surface area contributed by atoms with E-state index >= 15 is 0 Å². The predicted molar refractivity (Wildman–Crippen MR) is 151 cm³/mol. The highest BCUT2D eigenvalue weighted by Gasteiger charge is 2.64. The van der Waals surface area contributed by atoms with Gasteiger partial charge < -0.3 is 25.8 Å². The zero-order chi connectivity index (χ0) is 27.2. The van der Waals surface area contributed by atoms with Crippen LogP contribution in [0.15, 0.2) is 30.5 Å². The number of anilines is 4. The highest BCUT2D eigenvalue weighted by Crippen LogP contribution is 2.65. The minimum Gasteiger partial charge on any atom is -0.368 e. The number of piperazine rings is 1. The van der Waals surface area contributed by atoms with Gasteiger partial charge in [0.25, 0.3) is 0 Å². The van der Waals surface area contributed by atoms with Crippen LogP contribution in [0, 0.1) is 23.2 Å². The summed E-state index contributed by atoms with van der Waals surface area (Å²) in [6, 6.07) is 8.12. The second kappa shape index (κ2) is 9.91. The fraction of sp³-hybridized carbons (Fsp3) is 0.571.